The first kappa shape index (κ1) is 44.3. The largest absolute Gasteiger partial charge is 0.492 e. The Morgan fingerprint density at radius 2 is 1.72 bits per heavy atom. The van der Waals surface area contributed by atoms with Gasteiger partial charge in [0.2, 0.25) is 5.91 Å². The quantitative estimate of drug-likeness (QED) is 0.129. The van der Waals surface area contributed by atoms with E-state index in [0.717, 1.165) is 63.8 Å². The lowest BCUT2D eigenvalue weighted by molar-refractivity contribution is -0.138. The Kier molecular flexibility index (Phi) is 18.2. The third kappa shape index (κ3) is 13.0. The molecule has 53 heavy (non-hydrogen) atoms. The Balaban J connectivity index is 0.00000378. The Labute approximate surface area is 333 Å². The number of carbonyl (C=O) groups excluding carboxylic acids is 2. The molecule has 0 aromatic heterocycles. The van der Waals surface area contributed by atoms with Gasteiger partial charge in [0.05, 0.1) is 20.1 Å². The van der Waals surface area contributed by atoms with Gasteiger partial charge in [-0.2, -0.15) is 0 Å². The van der Waals surface area contributed by atoms with Gasteiger partial charge >= 0.3 is 0 Å². The summed E-state index contributed by atoms with van der Waals surface area (Å²) in [5.41, 5.74) is 3.26. The number of fused-ring (bicyclic) bond motifs is 1. The van der Waals surface area contributed by atoms with E-state index in [1.807, 2.05) is 36.4 Å². The third-order valence-electron chi connectivity index (χ3n) is 9.37. The molecule has 2 aliphatic heterocycles. The summed E-state index contributed by atoms with van der Waals surface area (Å²) in [6, 6.07) is 21.7. The number of benzene rings is 3. The Morgan fingerprint density at radius 3 is 2.43 bits per heavy atom. The highest BCUT2D eigenvalue weighted by atomic mass is 35.5. The first-order chi connectivity index (χ1) is 24.6. The van der Waals surface area contributed by atoms with Gasteiger partial charge in [-0.1, -0.05) is 74.8 Å². The molecule has 0 bridgehead atoms. The maximum atomic E-state index is 14.4. The van der Waals surface area contributed by atoms with Crippen molar-refractivity contribution in [3.05, 3.63) is 88.4 Å². The lowest BCUT2D eigenvalue weighted by Crippen LogP contribution is -2.45. The molecular formula is C41H57Cl3N4O5. The molecule has 2 atom stereocenters. The monoisotopic (exact) mass is 790 g/mol. The second-order valence-electron chi connectivity index (χ2n) is 14.8. The van der Waals surface area contributed by atoms with Crippen molar-refractivity contribution in [1.82, 2.24) is 16.0 Å². The van der Waals surface area contributed by atoms with Crippen LogP contribution in [-0.4, -0.2) is 70.9 Å². The van der Waals surface area contributed by atoms with Crippen LogP contribution in [0.2, 0.25) is 5.02 Å². The van der Waals surface area contributed by atoms with Crippen LogP contribution in [0.3, 0.4) is 0 Å². The third-order valence-corrected chi connectivity index (χ3v) is 9.60. The summed E-state index contributed by atoms with van der Waals surface area (Å²) in [5.74, 6) is 1.07. The van der Waals surface area contributed by atoms with E-state index >= 15 is 0 Å². The standard InChI is InChI=1S/C41H55ClN4O5.2ClH/c1-41(2,3)28-46-34-17-16-31(42)25-33(34)38(51-36(40(46)48)26-37(47)45-27-30-18-22-44-23-19-30)32-14-8-15-35(39(32)49-4)50-24-10-21-43-20-9-13-29-11-6-5-7-12-29;;/h5-8,11-12,14-17,25,30,36,38,43-44H,9-10,13,18-24,26-28H2,1-4H3,(H,45,47);2*1H. The second kappa shape index (κ2) is 21.7. The molecule has 0 radical (unpaired) electrons. The lowest BCUT2D eigenvalue weighted by atomic mass is 9.94. The number of hydrogen-bond donors (Lipinski definition) is 3. The summed E-state index contributed by atoms with van der Waals surface area (Å²) in [4.78, 5) is 29.5. The number of rotatable bonds is 16. The number of nitrogens with one attached hydrogen (secondary N) is 3. The average molecular weight is 792 g/mol. The number of hydrogen-bond acceptors (Lipinski definition) is 7. The summed E-state index contributed by atoms with van der Waals surface area (Å²) in [7, 11) is 1.61. The van der Waals surface area contributed by atoms with E-state index in [-0.39, 0.29) is 48.5 Å². The molecular weight excluding hydrogens is 735 g/mol. The number of aryl methyl sites for hydroxylation is 1. The molecule has 9 nitrogen and oxygen atoms in total. The molecule has 5 rings (SSSR count). The molecule has 2 amide bonds. The van der Waals surface area contributed by atoms with Crippen molar-refractivity contribution in [2.24, 2.45) is 11.3 Å². The molecule has 3 aromatic rings. The zero-order valence-corrected chi connectivity index (χ0v) is 33.8. The Morgan fingerprint density at radius 1 is 0.981 bits per heavy atom. The maximum Gasteiger partial charge on any atom is 0.256 e. The number of carbonyl (C=O) groups is 2. The Hall–Kier alpha value is -3.05. The molecule has 292 valence electrons. The average Bonchev–Trinajstić information content (AvgIpc) is 3.22. The number of methoxy groups -OCH3 is 1. The number of anilines is 1. The van der Waals surface area contributed by atoms with E-state index in [9.17, 15) is 9.59 Å². The van der Waals surface area contributed by atoms with Crippen LogP contribution >= 0.6 is 36.4 Å². The minimum atomic E-state index is -1.03. The van der Waals surface area contributed by atoms with Gasteiger partial charge in [-0.05, 0) is 99.4 Å². The fourth-order valence-corrected chi connectivity index (χ4v) is 6.99. The van der Waals surface area contributed by atoms with Crippen LogP contribution in [0.4, 0.5) is 5.69 Å². The maximum absolute atomic E-state index is 14.4. The van der Waals surface area contributed by atoms with Crippen molar-refractivity contribution in [2.75, 3.05) is 57.9 Å². The number of amides is 2. The molecule has 0 spiro atoms. The SMILES string of the molecule is COc1c(OCCCNCCCc2ccccc2)cccc1C1OC(CC(=O)NCC2CCNCC2)C(=O)N(CC(C)(C)C)c2ccc(Cl)cc21.Cl.Cl. The number of ether oxygens (including phenoxy) is 3. The van der Waals surface area contributed by atoms with Gasteiger partial charge < -0.3 is 35.1 Å². The molecule has 2 unspecified atom stereocenters. The van der Waals surface area contributed by atoms with E-state index in [1.54, 1.807) is 18.1 Å². The summed E-state index contributed by atoms with van der Waals surface area (Å²) < 4.78 is 19.0. The van der Waals surface area contributed by atoms with Gasteiger partial charge in [-0.25, -0.2) is 0 Å². The van der Waals surface area contributed by atoms with Crippen LogP contribution < -0.4 is 30.3 Å². The van der Waals surface area contributed by atoms with Crippen molar-refractivity contribution in [3.63, 3.8) is 0 Å². The van der Waals surface area contributed by atoms with Gasteiger partial charge in [0.15, 0.2) is 11.5 Å². The molecule has 0 aliphatic carbocycles. The van der Waals surface area contributed by atoms with Gasteiger partial charge in [0.25, 0.3) is 5.91 Å². The van der Waals surface area contributed by atoms with Gasteiger partial charge in [-0.3, -0.25) is 9.59 Å². The number of piperidine rings is 1. The minimum absolute atomic E-state index is 0. The zero-order valence-electron chi connectivity index (χ0n) is 31.5. The van der Waals surface area contributed by atoms with Gasteiger partial charge in [-0.15, -0.1) is 24.8 Å². The second-order valence-corrected chi connectivity index (χ2v) is 15.3. The molecule has 3 aromatic carbocycles. The van der Waals surface area contributed by atoms with Crippen molar-refractivity contribution in [1.29, 1.82) is 0 Å². The topological polar surface area (TPSA) is 101 Å². The first-order valence-corrected chi connectivity index (χ1v) is 18.8. The predicted molar refractivity (Wildman–Crippen MR) is 218 cm³/mol. The van der Waals surface area contributed by atoms with Crippen molar-refractivity contribution in [3.8, 4) is 11.5 Å². The minimum Gasteiger partial charge on any atom is -0.492 e. The molecule has 0 saturated carbocycles. The van der Waals surface area contributed by atoms with E-state index in [4.69, 9.17) is 25.8 Å². The highest BCUT2D eigenvalue weighted by Gasteiger charge is 2.40. The first-order valence-electron chi connectivity index (χ1n) is 18.4. The molecule has 3 N–H and O–H groups in total. The van der Waals surface area contributed by atoms with E-state index in [0.29, 0.717) is 53.4 Å². The van der Waals surface area contributed by atoms with Crippen LogP contribution in [0.1, 0.15) is 75.7 Å². The normalized spacial score (nSPS) is 17.5. The summed E-state index contributed by atoms with van der Waals surface area (Å²) in [6.07, 6.45) is 3.10. The van der Waals surface area contributed by atoms with Crippen molar-refractivity contribution >= 4 is 53.9 Å². The van der Waals surface area contributed by atoms with Gasteiger partial charge in [0, 0.05) is 34.9 Å². The van der Waals surface area contributed by atoms with Crippen LogP contribution in [-0.2, 0) is 20.7 Å². The molecule has 12 heteroatoms. The highest BCUT2D eigenvalue weighted by molar-refractivity contribution is 6.30. The van der Waals surface area contributed by atoms with Crippen LogP contribution in [0, 0.1) is 11.3 Å². The molecule has 1 fully saturated rings. The van der Waals surface area contributed by atoms with Crippen molar-refractivity contribution < 1.29 is 23.8 Å². The zero-order chi connectivity index (χ0) is 36.2. The van der Waals surface area contributed by atoms with E-state index in [2.05, 4.69) is 61.0 Å². The fraction of sp³-hybridized carbons (Fsp3) is 0.512. The number of nitrogens with zero attached hydrogens (tertiary/aromatic N) is 1. The van der Waals surface area contributed by atoms with E-state index < -0.39 is 12.2 Å². The van der Waals surface area contributed by atoms with Crippen LogP contribution in [0.5, 0.6) is 11.5 Å². The van der Waals surface area contributed by atoms with E-state index in [1.165, 1.54) is 5.56 Å². The summed E-state index contributed by atoms with van der Waals surface area (Å²) >= 11 is 6.61. The number of halogens is 3. The van der Waals surface area contributed by atoms with Crippen LogP contribution in [0.25, 0.3) is 0 Å². The number of para-hydroxylation sites is 1. The Bertz CT molecular complexity index is 1580. The highest BCUT2D eigenvalue weighted by Crippen LogP contribution is 2.45. The fourth-order valence-electron chi connectivity index (χ4n) is 6.81. The predicted octanol–water partition coefficient (Wildman–Crippen LogP) is 7.56. The molecule has 2 heterocycles. The van der Waals surface area contributed by atoms with Crippen LogP contribution in [0.15, 0.2) is 66.7 Å². The lowest BCUT2D eigenvalue weighted by Gasteiger charge is -2.31. The van der Waals surface area contributed by atoms with Crippen molar-refractivity contribution in [2.45, 2.75) is 71.5 Å². The molecule has 1 saturated heterocycles. The summed E-state index contributed by atoms with van der Waals surface area (Å²) in [5, 5.41) is 10.5. The smallest absolute Gasteiger partial charge is 0.256 e. The van der Waals surface area contributed by atoms with Gasteiger partial charge in [0.1, 0.15) is 12.2 Å². The molecule has 2 aliphatic rings. The summed E-state index contributed by atoms with van der Waals surface area (Å²) in [6.45, 7) is 11.5.